The van der Waals surface area contributed by atoms with Crippen LogP contribution >= 0.6 is 34.7 Å². The molecule has 10 heteroatoms. The first-order chi connectivity index (χ1) is 18.5. The van der Waals surface area contributed by atoms with Gasteiger partial charge in [0.25, 0.3) is 0 Å². The van der Waals surface area contributed by atoms with Crippen molar-refractivity contribution >= 4 is 67.5 Å². The molecule has 0 bridgehead atoms. The molecule has 5 heterocycles. The van der Waals surface area contributed by atoms with Crippen molar-refractivity contribution in [3.05, 3.63) is 68.0 Å². The summed E-state index contributed by atoms with van der Waals surface area (Å²) < 4.78 is 1.14. The van der Waals surface area contributed by atoms with E-state index in [4.69, 9.17) is 27.3 Å². The molecule has 1 aromatic carbocycles. The molecule has 0 amide bonds. The van der Waals surface area contributed by atoms with Crippen LogP contribution in [0.15, 0.2) is 40.4 Å². The molecule has 0 spiro atoms. The van der Waals surface area contributed by atoms with Gasteiger partial charge in [-0.1, -0.05) is 18.5 Å². The van der Waals surface area contributed by atoms with E-state index in [2.05, 4.69) is 35.0 Å². The van der Waals surface area contributed by atoms with Gasteiger partial charge >= 0.3 is 0 Å². The zero-order valence-electron chi connectivity index (χ0n) is 21.0. The van der Waals surface area contributed by atoms with E-state index in [1.807, 2.05) is 12.1 Å². The number of fused-ring (bicyclic) bond motifs is 4. The predicted molar refractivity (Wildman–Crippen MR) is 155 cm³/mol. The average molecular weight is 563 g/mol. The fourth-order valence-electron chi connectivity index (χ4n) is 5.75. The van der Waals surface area contributed by atoms with E-state index in [1.54, 1.807) is 11.3 Å². The fourth-order valence-corrected chi connectivity index (χ4v) is 7.82. The van der Waals surface area contributed by atoms with E-state index in [-0.39, 0.29) is 0 Å². The third kappa shape index (κ3) is 3.99. The Morgan fingerprint density at radius 1 is 1.16 bits per heavy atom. The molecule has 3 N–H and O–H groups in total. The summed E-state index contributed by atoms with van der Waals surface area (Å²) in [6.07, 6.45) is 5.74. The molecule has 0 radical (unpaired) electrons. The number of nitrogens with zero attached hydrogens (tertiary/aromatic N) is 4. The van der Waals surface area contributed by atoms with Gasteiger partial charge in [0, 0.05) is 52.0 Å². The van der Waals surface area contributed by atoms with Crippen LogP contribution in [0.4, 0.5) is 10.8 Å². The molecule has 0 unspecified atom stereocenters. The Morgan fingerprint density at radius 3 is 2.89 bits per heavy atom. The Bertz CT molecular complexity index is 1730. The third-order valence-corrected chi connectivity index (χ3v) is 9.99. The molecule has 4 aromatic heterocycles. The Morgan fingerprint density at radius 2 is 2.03 bits per heavy atom. The van der Waals surface area contributed by atoms with Crippen molar-refractivity contribution in [3.63, 3.8) is 0 Å². The number of nitrogens with two attached hydrogens (primary N) is 1. The van der Waals surface area contributed by atoms with E-state index >= 15 is 0 Å². The van der Waals surface area contributed by atoms with Gasteiger partial charge in [0.2, 0.25) is 5.52 Å². The standard InChI is InChI=1S/C28H27ClN6OS2/c1-2-19-25(29)24-26(31-19)32-28(33-27(24)34-10-9-22-17(14-34)12-23(30)38-22)37-18-8-7-16-11-15-5-3-4-6-20(15)35(36)21(16)13-18/h7-8,11-13H,2-6,9-10,14,30H2,1H3,(H,31,32,33). The van der Waals surface area contributed by atoms with Crippen molar-refractivity contribution < 1.29 is 4.73 Å². The van der Waals surface area contributed by atoms with E-state index in [1.165, 1.54) is 27.8 Å². The highest BCUT2D eigenvalue weighted by Crippen LogP contribution is 2.39. The van der Waals surface area contributed by atoms with Crippen LogP contribution < -0.4 is 15.4 Å². The molecular weight excluding hydrogens is 536 g/mol. The maximum atomic E-state index is 13.2. The largest absolute Gasteiger partial charge is 0.618 e. The number of thiophene rings is 1. The fraction of sp³-hybridized carbons (Fsp3) is 0.321. The van der Waals surface area contributed by atoms with Crippen molar-refractivity contribution in [2.75, 3.05) is 17.2 Å². The van der Waals surface area contributed by atoms with Crippen LogP contribution in [0.5, 0.6) is 0 Å². The van der Waals surface area contributed by atoms with Crippen molar-refractivity contribution in [2.45, 2.75) is 62.0 Å². The van der Waals surface area contributed by atoms with Gasteiger partial charge in [-0.3, -0.25) is 0 Å². The van der Waals surface area contributed by atoms with Crippen molar-refractivity contribution in [1.82, 2.24) is 15.0 Å². The van der Waals surface area contributed by atoms with Crippen molar-refractivity contribution in [3.8, 4) is 0 Å². The van der Waals surface area contributed by atoms with Gasteiger partial charge in [-0.15, -0.1) is 11.3 Å². The van der Waals surface area contributed by atoms with E-state index < -0.39 is 0 Å². The van der Waals surface area contributed by atoms with Gasteiger partial charge in [-0.2, -0.15) is 4.73 Å². The average Bonchev–Trinajstić information content (AvgIpc) is 3.46. The van der Waals surface area contributed by atoms with Crippen LogP contribution in [-0.4, -0.2) is 21.5 Å². The first kappa shape index (κ1) is 24.1. The number of aromatic nitrogens is 4. The van der Waals surface area contributed by atoms with Crippen LogP contribution in [-0.2, 0) is 32.2 Å². The van der Waals surface area contributed by atoms with Crippen molar-refractivity contribution in [2.24, 2.45) is 0 Å². The predicted octanol–water partition coefficient (Wildman–Crippen LogP) is 6.20. The number of benzene rings is 1. The summed E-state index contributed by atoms with van der Waals surface area (Å²) in [5, 5.41) is 17.2. The number of nitrogen functional groups attached to an aromatic ring is 1. The quantitative estimate of drug-likeness (QED) is 0.154. The number of rotatable bonds is 4. The first-order valence-corrected chi connectivity index (χ1v) is 15.1. The third-order valence-electron chi connectivity index (χ3n) is 7.65. The molecule has 7 nitrogen and oxygen atoms in total. The molecular formula is C28H27ClN6OS2. The number of anilines is 2. The molecule has 5 aromatic rings. The molecule has 0 atom stereocenters. The van der Waals surface area contributed by atoms with E-state index in [0.29, 0.717) is 15.7 Å². The highest BCUT2D eigenvalue weighted by molar-refractivity contribution is 7.99. The normalized spacial score (nSPS) is 15.3. The Labute approximate surface area is 233 Å². The van der Waals surface area contributed by atoms with E-state index in [9.17, 15) is 5.21 Å². The van der Waals surface area contributed by atoms with Crippen LogP contribution in [0.1, 0.15) is 47.2 Å². The van der Waals surface area contributed by atoms with Gasteiger partial charge in [0.05, 0.1) is 15.4 Å². The highest BCUT2D eigenvalue weighted by Gasteiger charge is 2.26. The summed E-state index contributed by atoms with van der Waals surface area (Å²) in [5.41, 5.74) is 11.8. The number of aryl methyl sites for hydroxylation is 2. The molecule has 2 aliphatic rings. The SMILES string of the molecule is CCc1[nH]c2nc(Sc3ccc4cc5c([n+]([O-])c4c3)CCCC5)nc(N3CCc4sc(N)cc4C3)c2c1Cl. The summed E-state index contributed by atoms with van der Waals surface area (Å²) >= 11 is 9.98. The Balaban J connectivity index is 1.30. The maximum absolute atomic E-state index is 13.2. The summed E-state index contributed by atoms with van der Waals surface area (Å²) in [4.78, 5) is 17.9. The smallest absolute Gasteiger partial charge is 0.225 e. The zero-order chi connectivity index (χ0) is 26.0. The molecule has 7 rings (SSSR count). The molecule has 1 aliphatic carbocycles. The summed E-state index contributed by atoms with van der Waals surface area (Å²) in [7, 11) is 0. The lowest BCUT2D eigenvalue weighted by atomic mass is 9.94. The van der Waals surface area contributed by atoms with Crippen LogP contribution in [0.25, 0.3) is 21.9 Å². The Hall–Kier alpha value is -3.01. The number of pyridine rings is 1. The number of nitrogens with one attached hydrogen (secondary N) is 1. The number of hydrogen-bond donors (Lipinski definition) is 2. The molecule has 38 heavy (non-hydrogen) atoms. The van der Waals surface area contributed by atoms with E-state index in [0.717, 1.165) is 99.9 Å². The second-order valence-corrected chi connectivity index (χ2v) is 12.6. The maximum Gasteiger partial charge on any atom is 0.225 e. The molecule has 0 saturated carbocycles. The lowest BCUT2D eigenvalue weighted by molar-refractivity contribution is -0.587. The van der Waals surface area contributed by atoms with Gasteiger partial charge < -0.3 is 20.8 Å². The summed E-state index contributed by atoms with van der Waals surface area (Å²) in [5.74, 6) is 0.836. The van der Waals surface area contributed by atoms with Crippen LogP contribution in [0.3, 0.4) is 0 Å². The molecule has 0 fully saturated rings. The number of aromatic amines is 1. The number of hydrogen-bond acceptors (Lipinski definition) is 7. The molecule has 0 saturated heterocycles. The minimum atomic E-state index is 0.624. The second kappa shape index (κ2) is 9.32. The van der Waals surface area contributed by atoms with Gasteiger partial charge in [0.1, 0.15) is 11.5 Å². The highest BCUT2D eigenvalue weighted by atomic mass is 35.5. The second-order valence-electron chi connectivity index (χ2n) is 10.0. The van der Waals surface area contributed by atoms with Gasteiger partial charge in [-0.05, 0) is 73.7 Å². The Kier molecular flexibility index (Phi) is 5.90. The lowest BCUT2D eigenvalue weighted by Crippen LogP contribution is -2.35. The van der Waals surface area contributed by atoms with Crippen molar-refractivity contribution in [1.29, 1.82) is 0 Å². The van der Waals surface area contributed by atoms with Gasteiger partial charge in [-0.25, -0.2) is 9.97 Å². The monoisotopic (exact) mass is 562 g/mol. The first-order valence-electron chi connectivity index (χ1n) is 13.0. The topological polar surface area (TPSA) is 97.8 Å². The molecule has 1 aliphatic heterocycles. The summed E-state index contributed by atoms with van der Waals surface area (Å²) in [6, 6.07) is 10.3. The lowest BCUT2D eigenvalue weighted by Gasteiger charge is -2.28. The van der Waals surface area contributed by atoms with Crippen LogP contribution in [0, 0.1) is 5.21 Å². The minimum Gasteiger partial charge on any atom is -0.618 e. The molecule has 194 valence electrons. The van der Waals surface area contributed by atoms with Gasteiger partial charge in [0.15, 0.2) is 10.9 Å². The number of H-pyrrole nitrogens is 1. The zero-order valence-corrected chi connectivity index (χ0v) is 23.4. The summed E-state index contributed by atoms with van der Waals surface area (Å²) in [6.45, 7) is 3.65. The number of halogens is 1. The minimum absolute atomic E-state index is 0.624. The van der Waals surface area contributed by atoms with Crippen LogP contribution in [0.2, 0.25) is 5.02 Å².